The summed E-state index contributed by atoms with van der Waals surface area (Å²) in [6.45, 7) is 4.70. The number of hydrogen-bond acceptors (Lipinski definition) is 4. The molecule has 0 radical (unpaired) electrons. The number of ether oxygens (including phenoxy) is 2. The van der Waals surface area contributed by atoms with Crippen LogP contribution in [0.1, 0.15) is 16.7 Å². The van der Waals surface area contributed by atoms with Crippen LogP contribution in [0.25, 0.3) is 0 Å². The van der Waals surface area contributed by atoms with Crippen molar-refractivity contribution in [3.8, 4) is 0 Å². The summed E-state index contributed by atoms with van der Waals surface area (Å²) in [7, 11) is 0. The van der Waals surface area contributed by atoms with E-state index in [1.807, 2.05) is 13.8 Å². The third kappa shape index (κ3) is 3.09. The molecule has 4 nitrogen and oxygen atoms in total. The smallest absolute Gasteiger partial charge is 0.111 e. The second-order valence-corrected chi connectivity index (χ2v) is 4.89. The quantitative estimate of drug-likeness (QED) is 0.837. The summed E-state index contributed by atoms with van der Waals surface area (Å²) in [4.78, 5) is 0. The number of rotatable bonds is 4. The van der Waals surface area contributed by atoms with Crippen LogP contribution >= 0.6 is 0 Å². The Morgan fingerprint density at radius 2 is 1.94 bits per heavy atom. The van der Waals surface area contributed by atoms with Crippen LogP contribution in [0.15, 0.2) is 18.2 Å². The van der Waals surface area contributed by atoms with Gasteiger partial charge in [-0.1, -0.05) is 29.3 Å². The van der Waals surface area contributed by atoms with E-state index in [-0.39, 0.29) is 12.7 Å². The fraction of sp³-hybridized carbons (Fsp3) is 0.571. The van der Waals surface area contributed by atoms with Crippen molar-refractivity contribution in [1.29, 1.82) is 0 Å². The number of hydrogen-bond donors (Lipinski definition) is 2. The van der Waals surface area contributed by atoms with Crippen molar-refractivity contribution >= 4 is 0 Å². The summed E-state index contributed by atoms with van der Waals surface area (Å²) < 4.78 is 10.9. The average molecular weight is 252 g/mol. The van der Waals surface area contributed by atoms with Crippen molar-refractivity contribution in [1.82, 2.24) is 0 Å². The molecule has 0 aliphatic carbocycles. The summed E-state index contributed by atoms with van der Waals surface area (Å²) in [5, 5.41) is 18.8. The molecule has 18 heavy (non-hydrogen) atoms. The lowest BCUT2D eigenvalue weighted by Gasteiger charge is -2.16. The second-order valence-electron chi connectivity index (χ2n) is 4.89. The number of aliphatic hydroxyl groups is 2. The van der Waals surface area contributed by atoms with Gasteiger partial charge < -0.3 is 19.7 Å². The lowest BCUT2D eigenvalue weighted by atomic mass is 10.1. The van der Waals surface area contributed by atoms with E-state index in [0.717, 1.165) is 5.56 Å². The molecular formula is C14H20O4. The molecule has 1 aromatic rings. The van der Waals surface area contributed by atoms with Gasteiger partial charge in [0.1, 0.15) is 18.3 Å². The van der Waals surface area contributed by atoms with Gasteiger partial charge in [-0.2, -0.15) is 0 Å². The summed E-state index contributed by atoms with van der Waals surface area (Å²) in [5.41, 5.74) is 3.49. The van der Waals surface area contributed by atoms with Gasteiger partial charge in [-0.15, -0.1) is 0 Å². The minimum Gasteiger partial charge on any atom is -0.394 e. The molecule has 100 valence electrons. The molecular weight excluding hydrogens is 232 g/mol. The average Bonchev–Trinajstić information content (AvgIpc) is 2.66. The molecule has 1 aliphatic heterocycles. The molecule has 1 aliphatic rings. The third-order valence-corrected chi connectivity index (χ3v) is 3.16. The molecule has 0 unspecified atom stereocenters. The van der Waals surface area contributed by atoms with Crippen LogP contribution < -0.4 is 0 Å². The molecule has 2 N–H and O–H groups in total. The van der Waals surface area contributed by atoms with Crippen LogP contribution in [-0.4, -0.2) is 41.7 Å². The second kappa shape index (κ2) is 5.80. The van der Waals surface area contributed by atoms with Crippen LogP contribution in [0.2, 0.25) is 0 Å². The van der Waals surface area contributed by atoms with E-state index >= 15 is 0 Å². The van der Waals surface area contributed by atoms with E-state index in [9.17, 15) is 5.11 Å². The molecule has 0 spiro atoms. The first-order valence-electron chi connectivity index (χ1n) is 6.19. The van der Waals surface area contributed by atoms with Gasteiger partial charge in [-0.25, -0.2) is 0 Å². The Hall–Kier alpha value is -0.940. The summed E-state index contributed by atoms with van der Waals surface area (Å²) in [6, 6.07) is 6.25. The maximum atomic E-state index is 9.83. The van der Waals surface area contributed by atoms with Gasteiger partial charge in [0.15, 0.2) is 0 Å². The van der Waals surface area contributed by atoms with E-state index in [1.54, 1.807) is 0 Å². The SMILES string of the molecule is Cc1cc(C)cc(CO[C@H]2CO[C@H](CO)[C@H]2O)c1. The molecule has 3 atom stereocenters. The van der Waals surface area contributed by atoms with Gasteiger partial charge in [-0.3, -0.25) is 0 Å². The van der Waals surface area contributed by atoms with Crippen molar-refractivity contribution in [3.63, 3.8) is 0 Å². The minimum absolute atomic E-state index is 0.176. The van der Waals surface area contributed by atoms with Gasteiger partial charge in [0.05, 0.1) is 19.8 Å². The van der Waals surface area contributed by atoms with Crippen molar-refractivity contribution in [2.75, 3.05) is 13.2 Å². The fourth-order valence-corrected chi connectivity index (χ4v) is 2.32. The molecule has 0 aromatic heterocycles. The number of benzene rings is 1. The highest BCUT2D eigenvalue weighted by molar-refractivity contribution is 5.28. The molecule has 2 rings (SSSR count). The van der Waals surface area contributed by atoms with Crippen LogP contribution in [0, 0.1) is 13.8 Å². The predicted molar refractivity (Wildman–Crippen MR) is 67.3 cm³/mol. The van der Waals surface area contributed by atoms with Gasteiger partial charge in [0.25, 0.3) is 0 Å². The fourth-order valence-electron chi connectivity index (χ4n) is 2.32. The zero-order chi connectivity index (χ0) is 13.1. The molecule has 1 heterocycles. The maximum absolute atomic E-state index is 9.83. The van der Waals surface area contributed by atoms with Crippen molar-refractivity contribution < 1.29 is 19.7 Å². The third-order valence-electron chi connectivity index (χ3n) is 3.16. The summed E-state index contributed by atoms with van der Waals surface area (Å²) in [5.74, 6) is 0. The van der Waals surface area contributed by atoms with Crippen LogP contribution in [0.4, 0.5) is 0 Å². The van der Waals surface area contributed by atoms with E-state index < -0.39 is 12.2 Å². The van der Waals surface area contributed by atoms with Crippen molar-refractivity contribution in [3.05, 3.63) is 34.9 Å². The van der Waals surface area contributed by atoms with E-state index in [1.165, 1.54) is 11.1 Å². The van der Waals surface area contributed by atoms with Gasteiger partial charge >= 0.3 is 0 Å². The first kappa shape index (κ1) is 13.5. The largest absolute Gasteiger partial charge is 0.394 e. The first-order chi connectivity index (χ1) is 8.60. The zero-order valence-electron chi connectivity index (χ0n) is 10.8. The number of aliphatic hydroxyl groups excluding tert-OH is 2. The normalized spacial score (nSPS) is 27.7. The first-order valence-corrected chi connectivity index (χ1v) is 6.19. The Balaban J connectivity index is 1.92. The van der Waals surface area contributed by atoms with Gasteiger partial charge in [-0.05, 0) is 19.4 Å². The lowest BCUT2D eigenvalue weighted by Crippen LogP contribution is -2.33. The Labute approximate surface area is 107 Å². The minimum atomic E-state index is -0.749. The van der Waals surface area contributed by atoms with Gasteiger partial charge in [0, 0.05) is 0 Å². The molecule has 0 amide bonds. The van der Waals surface area contributed by atoms with Crippen molar-refractivity contribution in [2.45, 2.75) is 38.8 Å². The Morgan fingerprint density at radius 1 is 1.28 bits per heavy atom. The Bertz CT molecular complexity index is 385. The maximum Gasteiger partial charge on any atom is 0.111 e. The Morgan fingerprint density at radius 3 is 2.50 bits per heavy atom. The highest BCUT2D eigenvalue weighted by atomic mass is 16.6. The van der Waals surface area contributed by atoms with Crippen molar-refractivity contribution in [2.24, 2.45) is 0 Å². The molecule has 0 bridgehead atoms. The number of aryl methyl sites for hydroxylation is 2. The molecule has 1 aromatic carbocycles. The predicted octanol–water partition coefficient (Wildman–Crippen LogP) is 0.941. The van der Waals surface area contributed by atoms with Crippen LogP contribution in [0.5, 0.6) is 0 Å². The highest BCUT2D eigenvalue weighted by Gasteiger charge is 2.36. The molecule has 0 saturated carbocycles. The standard InChI is InChI=1S/C14H20O4/c1-9-3-10(2)5-11(4-9)7-17-13-8-18-12(6-15)14(13)16/h3-5,12-16H,6-8H2,1-2H3/t12-,13+,14-/m1/s1. The molecule has 1 fully saturated rings. The van der Waals surface area contributed by atoms with Gasteiger partial charge in [0.2, 0.25) is 0 Å². The summed E-state index contributed by atoms with van der Waals surface area (Å²) >= 11 is 0. The molecule has 1 saturated heterocycles. The molecule has 4 heteroatoms. The van der Waals surface area contributed by atoms with Crippen LogP contribution in [-0.2, 0) is 16.1 Å². The summed E-state index contributed by atoms with van der Waals surface area (Å²) in [6.07, 6.45) is -1.63. The lowest BCUT2D eigenvalue weighted by molar-refractivity contribution is -0.0340. The monoisotopic (exact) mass is 252 g/mol. The van der Waals surface area contributed by atoms with E-state index in [0.29, 0.717) is 13.2 Å². The van der Waals surface area contributed by atoms with Crippen LogP contribution in [0.3, 0.4) is 0 Å². The topological polar surface area (TPSA) is 58.9 Å². The van der Waals surface area contributed by atoms with E-state index in [2.05, 4.69) is 18.2 Å². The highest BCUT2D eigenvalue weighted by Crippen LogP contribution is 2.19. The van der Waals surface area contributed by atoms with E-state index in [4.69, 9.17) is 14.6 Å². The Kier molecular flexibility index (Phi) is 4.35. The zero-order valence-corrected chi connectivity index (χ0v) is 10.8.